The molecule has 0 unspecified atom stereocenters. The molecule has 2 aromatic rings. The van der Waals surface area contributed by atoms with Crippen LogP contribution in [0.1, 0.15) is 0 Å². The van der Waals surface area contributed by atoms with Crippen LogP contribution in [0.15, 0.2) is 28.0 Å². The number of benzene rings is 1. The topological polar surface area (TPSA) is 64.0 Å². The van der Waals surface area contributed by atoms with Gasteiger partial charge in [0.1, 0.15) is 10.8 Å². The van der Waals surface area contributed by atoms with Gasteiger partial charge in [-0.15, -0.1) is 0 Å². The van der Waals surface area contributed by atoms with Gasteiger partial charge in [-0.25, -0.2) is 13.8 Å². The molecule has 1 N–H and O–H groups in total. The Balaban J connectivity index is 2.47. The summed E-state index contributed by atoms with van der Waals surface area (Å²) in [7, 11) is -2.81. The van der Waals surface area contributed by atoms with E-state index in [1.54, 1.807) is 4.72 Å². The molecular formula is C10H7BrClF2N3O2S. The van der Waals surface area contributed by atoms with E-state index in [4.69, 9.17) is 11.6 Å². The summed E-state index contributed by atoms with van der Waals surface area (Å²) in [6, 6.07) is 1.86. The van der Waals surface area contributed by atoms with E-state index in [9.17, 15) is 17.2 Å². The maximum Gasteiger partial charge on any atom is 0.282 e. The van der Waals surface area contributed by atoms with Gasteiger partial charge in [0, 0.05) is 11.5 Å². The van der Waals surface area contributed by atoms with E-state index in [0.717, 1.165) is 12.1 Å². The van der Waals surface area contributed by atoms with Crippen molar-refractivity contribution in [3.8, 4) is 0 Å². The largest absolute Gasteiger partial charge is 0.324 e. The zero-order valence-electron chi connectivity index (χ0n) is 9.86. The third kappa shape index (κ3) is 2.79. The van der Waals surface area contributed by atoms with Gasteiger partial charge in [-0.3, -0.25) is 4.72 Å². The number of imidazole rings is 1. The number of hydrogen-bond acceptors (Lipinski definition) is 3. The smallest absolute Gasteiger partial charge is 0.282 e. The van der Waals surface area contributed by atoms with Crippen molar-refractivity contribution in [3.63, 3.8) is 0 Å². The fourth-order valence-corrected chi connectivity index (χ4v) is 3.31. The molecule has 1 aromatic carbocycles. The third-order valence-electron chi connectivity index (χ3n) is 2.33. The molecule has 1 aromatic heterocycles. The van der Waals surface area contributed by atoms with Gasteiger partial charge < -0.3 is 4.57 Å². The highest BCUT2D eigenvalue weighted by molar-refractivity contribution is 9.10. The summed E-state index contributed by atoms with van der Waals surface area (Å²) in [5, 5.41) is -0.682. The highest BCUT2D eigenvalue weighted by Gasteiger charge is 2.25. The highest BCUT2D eigenvalue weighted by Crippen LogP contribution is 2.27. The highest BCUT2D eigenvalue weighted by atomic mass is 79.9. The lowest BCUT2D eigenvalue weighted by Crippen LogP contribution is -2.16. The van der Waals surface area contributed by atoms with Crippen molar-refractivity contribution >= 4 is 43.2 Å². The van der Waals surface area contributed by atoms with Crippen LogP contribution in [-0.4, -0.2) is 18.0 Å². The van der Waals surface area contributed by atoms with Crippen LogP contribution in [0.3, 0.4) is 0 Å². The fraction of sp³-hybridized carbons (Fsp3) is 0.100. The zero-order valence-corrected chi connectivity index (χ0v) is 13.0. The molecule has 0 fully saturated rings. The van der Waals surface area contributed by atoms with Crippen LogP contribution in [0.25, 0.3) is 0 Å². The summed E-state index contributed by atoms with van der Waals surface area (Å²) in [6.07, 6.45) is 1.17. The van der Waals surface area contributed by atoms with Gasteiger partial charge in [-0.05, 0) is 12.1 Å². The Labute approximate surface area is 126 Å². The molecule has 108 valence electrons. The van der Waals surface area contributed by atoms with Gasteiger partial charge in [0.15, 0.2) is 11.6 Å². The zero-order chi connectivity index (χ0) is 15.1. The van der Waals surface area contributed by atoms with E-state index in [1.165, 1.54) is 17.9 Å². The van der Waals surface area contributed by atoms with Gasteiger partial charge in [0.2, 0.25) is 5.03 Å². The molecule has 0 amide bonds. The number of nitrogens with zero attached hydrogens (tertiary/aromatic N) is 2. The number of aryl methyl sites for hydroxylation is 1. The monoisotopic (exact) mass is 385 g/mol. The lowest BCUT2D eigenvalue weighted by atomic mass is 10.3. The van der Waals surface area contributed by atoms with Crippen LogP contribution < -0.4 is 4.72 Å². The van der Waals surface area contributed by atoms with Crippen LogP contribution in [0.4, 0.5) is 14.5 Å². The van der Waals surface area contributed by atoms with E-state index in [0.29, 0.717) is 0 Å². The Bertz CT molecular complexity index is 756. The normalized spacial score (nSPS) is 11.7. The molecule has 10 heteroatoms. The first kappa shape index (κ1) is 15.2. The van der Waals surface area contributed by atoms with E-state index < -0.39 is 32.4 Å². The molecule has 0 atom stereocenters. The fourth-order valence-electron chi connectivity index (χ4n) is 1.40. The molecule has 1 heterocycles. The van der Waals surface area contributed by atoms with Crippen molar-refractivity contribution in [1.82, 2.24) is 9.55 Å². The number of hydrogen-bond donors (Lipinski definition) is 1. The van der Waals surface area contributed by atoms with Crippen LogP contribution in [0.5, 0.6) is 0 Å². The first-order valence-corrected chi connectivity index (χ1v) is 7.72. The lowest BCUT2D eigenvalue weighted by Gasteiger charge is -2.09. The molecular weight excluding hydrogens is 380 g/mol. The molecule has 0 radical (unpaired) electrons. The quantitative estimate of drug-likeness (QED) is 0.882. The van der Waals surface area contributed by atoms with Crippen molar-refractivity contribution in [3.05, 3.63) is 39.7 Å². The summed E-state index contributed by atoms with van der Waals surface area (Å²) < 4.78 is 54.4. The van der Waals surface area contributed by atoms with E-state index in [-0.39, 0.29) is 9.63 Å². The molecule has 2 rings (SSSR count). The summed E-state index contributed by atoms with van der Waals surface area (Å²) in [5.74, 6) is -2.12. The minimum atomic E-state index is -4.29. The van der Waals surface area contributed by atoms with Gasteiger partial charge in [-0.1, -0.05) is 27.5 Å². The van der Waals surface area contributed by atoms with Crippen LogP contribution in [-0.2, 0) is 17.1 Å². The third-order valence-corrected chi connectivity index (χ3v) is 4.63. The van der Waals surface area contributed by atoms with Crippen molar-refractivity contribution in [2.75, 3.05) is 4.72 Å². The molecule has 0 saturated heterocycles. The number of sulfonamides is 1. The second-order valence-electron chi connectivity index (χ2n) is 3.80. The van der Waals surface area contributed by atoms with Crippen molar-refractivity contribution in [1.29, 1.82) is 0 Å². The Morgan fingerprint density at radius 3 is 2.35 bits per heavy atom. The molecule has 0 saturated carbocycles. The molecule has 0 aliphatic carbocycles. The van der Waals surface area contributed by atoms with Gasteiger partial charge in [0.25, 0.3) is 10.0 Å². The molecule has 0 aliphatic heterocycles. The Hall–Kier alpha value is -1.19. The van der Waals surface area contributed by atoms with Crippen molar-refractivity contribution in [2.24, 2.45) is 7.05 Å². The maximum absolute atomic E-state index is 13.6. The minimum Gasteiger partial charge on any atom is -0.324 e. The predicted octanol–water partition coefficient (Wildman–Crippen LogP) is 2.92. The molecule has 20 heavy (non-hydrogen) atoms. The van der Waals surface area contributed by atoms with Crippen LogP contribution in [0, 0.1) is 11.6 Å². The first-order chi connectivity index (χ1) is 9.22. The van der Waals surface area contributed by atoms with Gasteiger partial charge in [0.05, 0.1) is 6.33 Å². The van der Waals surface area contributed by atoms with E-state index in [1.807, 2.05) is 0 Å². The number of nitrogens with one attached hydrogen (secondary N) is 1. The van der Waals surface area contributed by atoms with Crippen LogP contribution >= 0.6 is 27.5 Å². The first-order valence-electron chi connectivity index (χ1n) is 5.06. The minimum absolute atomic E-state index is 0.145. The number of anilines is 1. The van der Waals surface area contributed by atoms with Crippen LogP contribution in [0.2, 0.25) is 5.15 Å². The Kier molecular flexibility index (Phi) is 4.03. The average molecular weight is 387 g/mol. The number of rotatable bonds is 3. The summed E-state index contributed by atoms with van der Waals surface area (Å²) >= 11 is 8.64. The molecule has 0 bridgehead atoms. The molecule has 5 nitrogen and oxygen atoms in total. The summed E-state index contributed by atoms with van der Waals surface area (Å²) in [6.45, 7) is 0. The van der Waals surface area contributed by atoms with E-state index >= 15 is 0 Å². The van der Waals surface area contributed by atoms with E-state index in [2.05, 4.69) is 20.9 Å². The molecule has 0 spiro atoms. The Morgan fingerprint density at radius 1 is 1.35 bits per heavy atom. The average Bonchev–Trinajstić information content (AvgIpc) is 2.65. The van der Waals surface area contributed by atoms with Crippen molar-refractivity contribution in [2.45, 2.75) is 5.03 Å². The van der Waals surface area contributed by atoms with Gasteiger partial charge >= 0.3 is 0 Å². The van der Waals surface area contributed by atoms with Crippen molar-refractivity contribution < 1.29 is 17.2 Å². The predicted molar refractivity (Wildman–Crippen MR) is 73.1 cm³/mol. The number of halogens is 4. The lowest BCUT2D eigenvalue weighted by molar-refractivity contribution is 0.581. The Morgan fingerprint density at radius 2 is 1.90 bits per heavy atom. The second kappa shape index (κ2) is 5.30. The standard InChI is InChI=1S/C10H7BrClF2N3O2S/c1-17-4-15-10(9(17)12)20(18,19)16-8-6(13)2-5(11)3-7(8)14/h2-4,16H,1H3. The molecule has 0 aliphatic rings. The van der Waals surface area contributed by atoms with Gasteiger partial charge in [-0.2, -0.15) is 8.42 Å². The number of aromatic nitrogens is 2. The maximum atomic E-state index is 13.6. The summed E-state index contributed by atoms with van der Waals surface area (Å²) in [4.78, 5) is 3.59. The summed E-state index contributed by atoms with van der Waals surface area (Å²) in [5.41, 5.74) is -0.796. The second-order valence-corrected chi connectivity index (χ2v) is 6.67. The SMILES string of the molecule is Cn1cnc(S(=O)(=O)Nc2c(F)cc(Br)cc2F)c1Cl.